The summed E-state index contributed by atoms with van der Waals surface area (Å²) in [7, 11) is 0. The number of aliphatic hydroxyl groups is 2. The molecule has 3 N–H and O–H groups in total. The smallest absolute Gasteiger partial charge is 0.305 e. The summed E-state index contributed by atoms with van der Waals surface area (Å²) in [5.74, 6) is -0.0448. The lowest BCUT2D eigenvalue weighted by Gasteiger charge is -2.22. The van der Waals surface area contributed by atoms with Gasteiger partial charge in [-0.3, -0.25) is 9.59 Å². The number of hydrogen-bond donors (Lipinski definition) is 3. The molecule has 73 heavy (non-hydrogen) atoms. The lowest BCUT2D eigenvalue weighted by molar-refractivity contribution is -0.143. The number of nitrogens with one attached hydrogen (secondary N) is 1. The summed E-state index contributed by atoms with van der Waals surface area (Å²) in [6.07, 6.45) is 77.6. The van der Waals surface area contributed by atoms with Crippen molar-refractivity contribution in [3.05, 3.63) is 24.3 Å². The first-order valence-corrected chi connectivity index (χ1v) is 33.1. The second-order valence-electron chi connectivity index (χ2n) is 22.8. The molecule has 0 radical (unpaired) electrons. The normalized spacial score (nSPS) is 12.7. The Hall–Kier alpha value is -1.66. The van der Waals surface area contributed by atoms with Crippen molar-refractivity contribution in [3.63, 3.8) is 0 Å². The van der Waals surface area contributed by atoms with Gasteiger partial charge in [-0.2, -0.15) is 0 Å². The van der Waals surface area contributed by atoms with E-state index in [1.54, 1.807) is 0 Å². The number of allylic oxidation sites excluding steroid dienone is 4. The van der Waals surface area contributed by atoms with Crippen LogP contribution in [-0.4, -0.2) is 47.4 Å². The van der Waals surface area contributed by atoms with Gasteiger partial charge in [0, 0.05) is 12.8 Å². The summed E-state index contributed by atoms with van der Waals surface area (Å²) in [4.78, 5) is 24.6. The summed E-state index contributed by atoms with van der Waals surface area (Å²) in [6.45, 7) is 4.96. The van der Waals surface area contributed by atoms with Gasteiger partial charge in [0.05, 0.1) is 25.4 Å². The molecular weight excluding hydrogens is 899 g/mol. The molecule has 0 heterocycles. The molecule has 0 saturated heterocycles. The summed E-state index contributed by atoms with van der Waals surface area (Å²) in [5, 5.41) is 23.4. The maximum absolute atomic E-state index is 12.5. The number of amides is 1. The molecule has 0 aliphatic carbocycles. The fourth-order valence-corrected chi connectivity index (χ4v) is 10.4. The predicted octanol–water partition coefficient (Wildman–Crippen LogP) is 21.0. The zero-order valence-corrected chi connectivity index (χ0v) is 49.4. The highest BCUT2D eigenvalue weighted by atomic mass is 16.5. The van der Waals surface area contributed by atoms with Gasteiger partial charge in [0.15, 0.2) is 0 Å². The zero-order valence-electron chi connectivity index (χ0n) is 49.4. The first kappa shape index (κ1) is 71.3. The van der Waals surface area contributed by atoms with Crippen LogP contribution in [-0.2, 0) is 14.3 Å². The fraction of sp³-hybridized carbons (Fsp3) is 0.910. The van der Waals surface area contributed by atoms with Crippen molar-refractivity contribution in [1.29, 1.82) is 0 Å². The Kier molecular flexibility index (Phi) is 61.4. The molecule has 2 unspecified atom stereocenters. The van der Waals surface area contributed by atoms with Crippen molar-refractivity contribution in [3.8, 4) is 0 Å². The molecule has 0 fully saturated rings. The van der Waals surface area contributed by atoms with Gasteiger partial charge in [0.25, 0.3) is 0 Å². The number of esters is 1. The fourth-order valence-electron chi connectivity index (χ4n) is 10.4. The Balaban J connectivity index is 3.43. The van der Waals surface area contributed by atoms with E-state index in [0.29, 0.717) is 25.9 Å². The van der Waals surface area contributed by atoms with E-state index in [2.05, 4.69) is 43.5 Å². The van der Waals surface area contributed by atoms with E-state index >= 15 is 0 Å². The molecule has 0 aromatic rings. The second kappa shape index (κ2) is 62.9. The average molecular weight is 1030 g/mol. The lowest BCUT2D eigenvalue weighted by atomic mass is 10.0. The van der Waals surface area contributed by atoms with Crippen molar-refractivity contribution in [2.24, 2.45) is 0 Å². The quantitative estimate of drug-likeness (QED) is 0.0320. The Bertz CT molecular complexity index is 1140. The van der Waals surface area contributed by atoms with Crippen LogP contribution in [0.5, 0.6) is 0 Å². The summed E-state index contributed by atoms with van der Waals surface area (Å²) >= 11 is 0. The van der Waals surface area contributed by atoms with Gasteiger partial charge in [0.1, 0.15) is 0 Å². The molecule has 0 aliphatic rings. The molecule has 432 valence electrons. The van der Waals surface area contributed by atoms with Crippen molar-refractivity contribution in [2.45, 2.75) is 379 Å². The number of rotatable bonds is 62. The van der Waals surface area contributed by atoms with Crippen LogP contribution >= 0.6 is 0 Å². The largest absolute Gasteiger partial charge is 0.466 e. The van der Waals surface area contributed by atoms with E-state index in [1.807, 2.05) is 0 Å². The standard InChI is InChI=1S/C67H129NO5/c1-3-5-7-9-11-13-15-17-19-21-23-25-27-31-35-39-43-47-51-55-59-65(70)64(63-69)68-66(71)60-56-52-48-44-40-36-32-28-26-30-34-38-42-46-50-54-58-62-73-67(72)61-57-53-49-45-41-37-33-29-24-22-20-18-16-14-12-10-8-6-4-2/h18,20,26,30,64-65,69-70H,3-17,19,21-25,27-29,31-63H2,1-2H3,(H,68,71)/b20-18-,30-26-. The minimum atomic E-state index is -0.673. The third kappa shape index (κ3) is 59.4. The Morgan fingerprint density at radius 1 is 0.370 bits per heavy atom. The van der Waals surface area contributed by atoms with Gasteiger partial charge < -0.3 is 20.3 Å². The Morgan fingerprint density at radius 3 is 0.973 bits per heavy atom. The first-order chi connectivity index (χ1) is 36.0. The Morgan fingerprint density at radius 2 is 0.644 bits per heavy atom. The van der Waals surface area contributed by atoms with E-state index < -0.39 is 12.1 Å². The monoisotopic (exact) mass is 1030 g/mol. The number of carbonyl (C=O) groups is 2. The zero-order chi connectivity index (χ0) is 52.9. The van der Waals surface area contributed by atoms with Gasteiger partial charge in [-0.1, -0.05) is 301 Å². The average Bonchev–Trinajstić information content (AvgIpc) is 3.39. The first-order valence-electron chi connectivity index (χ1n) is 33.1. The molecule has 0 bridgehead atoms. The third-order valence-corrected chi connectivity index (χ3v) is 15.5. The number of unbranched alkanes of at least 4 members (excludes halogenated alkanes) is 47. The second-order valence-corrected chi connectivity index (χ2v) is 22.8. The molecule has 6 heteroatoms. The minimum Gasteiger partial charge on any atom is -0.466 e. The van der Waals surface area contributed by atoms with E-state index in [1.165, 1.54) is 283 Å². The van der Waals surface area contributed by atoms with Crippen LogP contribution in [0.15, 0.2) is 24.3 Å². The molecule has 2 atom stereocenters. The molecule has 0 rings (SSSR count). The van der Waals surface area contributed by atoms with Crippen LogP contribution in [0.2, 0.25) is 0 Å². The van der Waals surface area contributed by atoms with Gasteiger partial charge >= 0.3 is 5.97 Å². The van der Waals surface area contributed by atoms with E-state index in [-0.39, 0.29) is 18.5 Å². The van der Waals surface area contributed by atoms with Crippen LogP contribution in [0.1, 0.15) is 367 Å². The number of hydrogen-bond acceptors (Lipinski definition) is 5. The van der Waals surface area contributed by atoms with Crippen molar-refractivity contribution >= 4 is 11.9 Å². The van der Waals surface area contributed by atoms with Crippen LogP contribution in [0, 0.1) is 0 Å². The molecular formula is C67H129NO5. The summed E-state index contributed by atoms with van der Waals surface area (Å²) < 4.78 is 5.49. The van der Waals surface area contributed by atoms with Crippen LogP contribution < -0.4 is 5.32 Å². The number of aliphatic hydroxyl groups excluding tert-OH is 2. The summed E-state index contributed by atoms with van der Waals surface area (Å²) in [6, 6.07) is -0.551. The maximum Gasteiger partial charge on any atom is 0.305 e. The molecule has 0 aromatic heterocycles. The SMILES string of the molecule is CCCCCCCC/C=C\CCCCCCCCCCCC(=O)OCCCCCCCC/C=C\CCCCCCCCCC(=O)NC(CO)C(O)CCCCCCCCCCCCCCCCCCCCCC. The van der Waals surface area contributed by atoms with Crippen LogP contribution in [0.3, 0.4) is 0 Å². The lowest BCUT2D eigenvalue weighted by Crippen LogP contribution is -2.45. The van der Waals surface area contributed by atoms with Gasteiger partial charge in [-0.05, 0) is 77.0 Å². The van der Waals surface area contributed by atoms with Crippen molar-refractivity contribution < 1.29 is 24.5 Å². The van der Waals surface area contributed by atoms with Crippen LogP contribution in [0.4, 0.5) is 0 Å². The van der Waals surface area contributed by atoms with E-state index in [4.69, 9.17) is 4.74 Å². The van der Waals surface area contributed by atoms with Gasteiger partial charge in [0.2, 0.25) is 5.91 Å². The minimum absolute atomic E-state index is 0.00129. The van der Waals surface area contributed by atoms with Gasteiger partial charge in [-0.15, -0.1) is 0 Å². The number of carbonyl (C=O) groups excluding carboxylic acids is 2. The number of ether oxygens (including phenoxy) is 1. The highest BCUT2D eigenvalue weighted by molar-refractivity contribution is 5.76. The predicted molar refractivity (Wildman–Crippen MR) is 320 cm³/mol. The molecule has 0 saturated carbocycles. The topological polar surface area (TPSA) is 95.9 Å². The maximum atomic E-state index is 12.5. The molecule has 0 aliphatic heterocycles. The highest BCUT2D eigenvalue weighted by Crippen LogP contribution is 2.18. The van der Waals surface area contributed by atoms with Gasteiger partial charge in [-0.25, -0.2) is 0 Å². The molecule has 0 spiro atoms. The molecule has 6 nitrogen and oxygen atoms in total. The van der Waals surface area contributed by atoms with E-state index in [0.717, 1.165) is 51.4 Å². The summed E-state index contributed by atoms with van der Waals surface area (Å²) in [5.41, 5.74) is 0. The highest BCUT2D eigenvalue weighted by Gasteiger charge is 2.20. The van der Waals surface area contributed by atoms with Crippen molar-refractivity contribution in [1.82, 2.24) is 5.32 Å². The molecule has 1 amide bonds. The van der Waals surface area contributed by atoms with Crippen LogP contribution in [0.25, 0.3) is 0 Å². The van der Waals surface area contributed by atoms with E-state index in [9.17, 15) is 19.8 Å². The van der Waals surface area contributed by atoms with Crippen molar-refractivity contribution in [2.75, 3.05) is 13.2 Å². The Labute approximate surface area is 456 Å². The molecule has 0 aromatic carbocycles. The third-order valence-electron chi connectivity index (χ3n) is 15.5.